The number of rotatable bonds is 6. The van der Waals surface area contributed by atoms with Gasteiger partial charge in [-0.2, -0.15) is 0 Å². The third-order valence-electron chi connectivity index (χ3n) is 3.06. The lowest BCUT2D eigenvalue weighted by Gasteiger charge is -2.05. The summed E-state index contributed by atoms with van der Waals surface area (Å²) in [5.41, 5.74) is 1.96. The van der Waals surface area contributed by atoms with Crippen molar-refractivity contribution in [2.75, 3.05) is 6.54 Å². The quantitative estimate of drug-likeness (QED) is 0.780. The van der Waals surface area contributed by atoms with Crippen molar-refractivity contribution in [3.63, 3.8) is 0 Å². The van der Waals surface area contributed by atoms with Crippen molar-refractivity contribution in [2.24, 2.45) is 0 Å². The van der Waals surface area contributed by atoms with Crippen LogP contribution in [-0.4, -0.2) is 22.4 Å². The number of aromatic amines is 1. The van der Waals surface area contributed by atoms with Gasteiger partial charge >= 0.3 is 0 Å². The predicted molar refractivity (Wildman–Crippen MR) is 75.1 cm³/mol. The highest BCUT2D eigenvalue weighted by atomic mass is 16.1. The number of nitrogens with one attached hydrogen (secondary N) is 2. The molecule has 2 aromatic rings. The number of aromatic nitrogens is 2. The van der Waals surface area contributed by atoms with E-state index in [0.717, 1.165) is 30.7 Å². The molecule has 0 spiro atoms. The van der Waals surface area contributed by atoms with E-state index in [1.165, 1.54) is 5.56 Å². The molecule has 4 heteroatoms. The van der Waals surface area contributed by atoms with Crippen LogP contribution in [-0.2, 0) is 12.8 Å². The number of H-pyrrole nitrogens is 1. The Morgan fingerprint density at radius 1 is 1.32 bits per heavy atom. The summed E-state index contributed by atoms with van der Waals surface area (Å²) in [6.45, 7) is 2.76. The fourth-order valence-corrected chi connectivity index (χ4v) is 1.89. The van der Waals surface area contributed by atoms with Gasteiger partial charge in [-0.05, 0) is 30.5 Å². The molecule has 1 aromatic heterocycles. The molecule has 0 aliphatic rings. The fraction of sp³-hybridized carbons (Fsp3) is 0.333. The van der Waals surface area contributed by atoms with Crippen LogP contribution in [0, 0.1) is 0 Å². The van der Waals surface area contributed by atoms with Crippen molar-refractivity contribution in [1.82, 2.24) is 15.3 Å². The molecule has 0 saturated carbocycles. The minimum absolute atomic E-state index is 0.0119. The minimum atomic E-state index is -0.0119. The van der Waals surface area contributed by atoms with Crippen LogP contribution in [0.25, 0.3) is 0 Å². The number of benzene rings is 1. The Morgan fingerprint density at radius 3 is 2.74 bits per heavy atom. The summed E-state index contributed by atoms with van der Waals surface area (Å²) in [5, 5.41) is 2.92. The molecule has 19 heavy (non-hydrogen) atoms. The first-order valence-electron chi connectivity index (χ1n) is 6.65. The zero-order chi connectivity index (χ0) is 13.5. The van der Waals surface area contributed by atoms with E-state index in [1.54, 1.807) is 6.20 Å². The van der Waals surface area contributed by atoms with Gasteiger partial charge in [-0.25, -0.2) is 4.98 Å². The number of amides is 1. The van der Waals surface area contributed by atoms with Gasteiger partial charge < -0.3 is 10.3 Å². The first-order chi connectivity index (χ1) is 9.29. The van der Waals surface area contributed by atoms with E-state index < -0.39 is 0 Å². The van der Waals surface area contributed by atoms with Gasteiger partial charge in [0.2, 0.25) is 0 Å². The third kappa shape index (κ3) is 3.95. The zero-order valence-corrected chi connectivity index (χ0v) is 11.1. The van der Waals surface area contributed by atoms with Crippen LogP contribution in [0.3, 0.4) is 0 Å². The molecule has 2 N–H and O–H groups in total. The van der Waals surface area contributed by atoms with E-state index in [-0.39, 0.29) is 5.91 Å². The summed E-state index contributed by atoms with van der Waals surface area (Å²) >= 11 is 0. The first kappa shape index (κ1) is 13.3. The van der Waals surface area contributed by atoms with Crippen molar-refractivity contribution < 1.29 is 4.79 Å². The molecular weight excluding hydrogens is 238 g/mol. The molecule has 0 aliphatic carbocycles. The maximum atomic E-state index is 11.9. The van der Waals surface area contributed by atoms with Gasteiger partial charge in [0.1, 0.15) is 5.82 Å². The monoisotopic (exact) mass is 257 g/mol. The van der Waals surface area contributed by atoms with Gasteiger partial charge in [-0.1, -0.05) is 19.1 Å². The van der Waals surface area contributed by atoms with Gasteiger partial charge in [-0.3, -0.25) is 4.79 Å². The Hall–Kier alpha value is -2.10. The number of aryl methyl sites for hydroxylation is 2. The Labute approximate surface area is 113 Å². The summed E-state index contributed by atoms with van der Waals surface area (Å²) in [6, 6.07) is 7.75. The zero-order valence-electron chi connectivity index (χ0n) is 11.1. The van der Waals surface area contributed by atoms with Gasteiger partial charge in [0.15, 0.2) is 0 Å². The molecule has 2 rings (SSSR count). The molecule has 0 unspecified atom stereocenters. The number of hydrogen-bond acceptors (Lipinski definition) is 2. The van der Waals surface area contributed by atoms with E-state index in [2.05, 4.69) is 22.2 Å². The summed E-state index contributed by atoms with van der Waals surface area (Å²) in [5.74, 6) is 0.948. The Bertz CT molecular complexity index is 503. The van der Waals surface area contributed by atoms with E-state index in [4.69, 9.17) is 0 Å². The van der Waals surface area contributed by atoms with Crippen LogP contribution in [0.2, 0.25) is 0 Å². The topological polar surface area (TPSA) is 57.8 Å². The standard InChI is InChI=1S/C15H19N3O/c1-2-12-5-7-13(8-6-12)15(19)18-9-3-4-14-16-10-11-17-14/h5-8,10-11H,2-4,9H2,1H3,(H,16,17)(H,18,19). The number of nitrogens with zero attached hydrogens (tertiary/aromatic N) is 1. The van der Waals surface area contributed by atoms with Crippen molar-refractivity contribution in [3.05, 3.63) is 53.6 Å². The Morgan fingerprint density at radius 2 is 2.11 bits per heavy atom. The van der Waals surface area contributed by atoms with E-state index in [1.807, 2.05) is 30.5 Å². The molecular formula is C15H19N3O. The van der Waals surface area contributed by atoms with Gasteiger partial charge in [0.25, 0.3) is 5.91 Å². The van der Waals surface area contributed by atoms with Gasteiger partial charge in [0, 0.05) is 30.9 Å². The molecule has 1 heterocycles. The van der Waals surface area contributed by atoms with E-state index in [9.17, 15) is 4.79 Å². The lowest BCUT2D eigenvalue weighted by Crippen LogP contribution is -2.24. The molecule has 1 aromatic carbocycles. The molecule has 0 bridgehead atoms. The molecule has 0 atom stereocenters. The molecule has 1 amide bonds. The Balaban J connectivity index is 1.74. The number of carbonyl (C=O) groups excluding carboxylic acids is 1. The molecule has 0 aliphatic heterocycles. The average Bonchev–Trinajstić information content (AvgIpc) is 2.96. The third-order valence-corrected chi connectivity index (χ3v) is 3.06. The van der Waals surface area contributed by atoms with Crippen molar-refractivity contribution in [3.8, 4) is 0 Å². The van der Waals surface area contributed by atoms with Crippen LogP contribution in [0.5, 0.6) is 0 Å². The highest BCUT2D eigenvalue weighted by molar-refractivity contribution is 5.94. The lowest BCUT2D eigenvalue weighted by molar-refractivity contribution is 0.0953. The second kappa shape index (κ2) is 6.73. The molecule has 0 radical (unpaired) electrons. The van der Waals surface area contributed by atoms with E-state index in [0.29, 0.717) is 6.54 Å². The van der Waals surface area contributed by atoms with Crippen molar-refractivity contribution in [1.29, 1.82) is 0 Å². The number of carbonyl (C=O) groups is 1. The summed E-state index contributed by atoms with van der Waals surface area (Å²) in [6.07, 6.45) is 6.27. The second-order valence-electron chi connectivity index (χ2n) is 4.45. The fourth-order valence-electron chi connectivity index (χ4n) is 1.89. The normalized spacial score (nSPS) is 10.4. The van der Waals surface area contributed by atoms with Crippen LogP contribution >= 0.6 is 0 Å². The van der Waals surface area contributed by atoms with Crippen LogP contribution in [0.15, 0.2) is 36.7 Å². The second-order valence-corrected chi connectivity index (χ2v) is 4.45. The van der Waals surface area contributed by atoms with Gasteiger partial charge in [-0.15, -0.1) is 0 Å². The SMILES string of the molecule is CCc1ccc(C(=O)NCCCc2ncc[nH]2)cc1. The minimum Gasteiger partial charge on any atom is -0.352 e. The maximum absolute atomic E-state index is 11.9. The van der Waals surface area contributed by atoms with Crippen LogP contribution in [0.4, 0.5) is 0 Å². The Kier molecular flexibility index (Phi) is 4.72. The highest BCUT2D eigenvalue weighted by Crippen LogP contribution is 2.05. The summed E-state index contributed by atoms with van der Waals surface area (Å²) in [7, 11) is 0. The average molecular weight is 257 g/mol. The molecule has 100 valence electrons. The van der Waals surface area contributed by atoms with Crippen molar-refractivity contribution in [2.45, 2.75) is 26.2 Å². The van der Waals surface area contributed by atoms with Crippen LogP contribution in [0.1, 0.15) is 35.1 Å². The smallest absolute Gasteiger partial charge is 0.251 e. The summed E-state index contributed by atoms with van der Waals surface area (Å²) in [4.78, 5) is 19.1. The number of imidazole rings is 1. The molecule has 0 saturated heterocycles. The summed E-state index contributed by atoms with van der Waals surface area (Å²) < 4.78 is 0. The maximum Gasteiger partial charge on any atom is 0.251 e. The van der Waals surface area contributed by atoms with Gasteiger partial charge in [0.05, 0.1) is 0 Å². The highest BCUT2D eigenvalue weighted by Gasteiger charge is 2.04. The van der Waals surface area contributed by atoms with Crippen molar-refractivity contribution >= 4 is 5.91 Å². The van der Waals surface area contributed by atoms with Crippen LogP contribution < -0.4 is 5.32 Å². The number of hydrogen-bond donors (Lipinski definition) is 2. The predicted octanol–water partition coefficient (Wildman–Crippen LogP) is 2.33. The molecule has 0 fully saturated rings. The lowest BCUT2D eigenvalue weighted by atomic mass is 10.1. The van der Waals surface area contributed by atoms with E-state index >= 15 is 0 Å². The largest absolute Gasteiger partial charge is 0.352 e. The first-order valence-corrected chi connectivity index (χ1v) is 6.65. The molecule has 4 nitrogen and oxygen atoms in total.